The first kappa shape index (κ1) is 11.6. The van der Waals surface area contributed by atoms with E-state index in [1.807, 2.05) is 18.4 Å². The van der Waals surface area contributed by atoms with E-state index in [1.54, 1.807) is 25.1 Å². The first-order chi connectivity index (χ1) is 7.99. The third-order valence-electron chi connectivity index (χ3n) is 2.67. The highest BCUT2D eigenvalue weighted by Gasteiger charge is 2.14. The molecule has 0 aliphatic rings. The molecule has 2 rings (SSSR count). The van der Waals surface area contributed by atoms with Crippen molar-refractivity contribution in [3.8, 4) is 5.75 Å². The first-order valence-electron chi connectivity index (χ1n) is 5.68. The Balaban J connectivity index is 2.66. The van der Waals surface area contributed by atoms with Gasteiger partial charge in [-0.25, -0.2) is 4.98 Å². The molecule has 1 aromatic carbocycles. The molecule has 17 heavy (non-hydrogen) atoms. The highest BCUT2D eigenvalue weighted by Crippen LogP contribution is 2.24. The van der Waals surface area contributed by atoms with Crippen LogP contribution in [0.4, 0.5) is 0 Å². The molecule has 0 spiro atoms. The molecule has 1 N–H and O–H groups in total. The lowest BCUT2D eigenvalue weighted by Gasteiger charge is -2.12. The number of phenols is 1. The van der Waals surface area contributed by atoms with Gasteiger partial charge in [0.15, 0.2) is 0 Å². The van der Waals surface area contributed by atoms with Crippen LogP contribution in [-0.4, -0.2) is 20.4 Å². The number of imidazole rings is 1. The summed E-state index contributed by atoms with van der Waals surface area (Å²) in [5, 5.41) is 9.52. The number of aromatic nitrogens is 2. The van der Waals surface area contributed by atoms with Gasteiger partial charge in [-0.15, -0.1) is 0 Å². The molecule has 0 fully saturated rings. The quantitative estimate of drug-likeness (QED) is 0.884. The predicted molar refractivity (Wildman–Crippen MR) is 66.2 cm³/mol. The summed E-state index contributed by atoms with van der Waals surface area (Å²) in [5.74, 6) is 1.06. The second kappa shape index (κ2) is 4.20. The predicted octanol–water partition coefficient (Wildman–Crippen LogP) is 2.45. The van der Waals surface area contributed by atoms with Crippen molar-refractivity contribution in [1.29, 1.82) is 0 Å². The molecule has 0 saturated heterocycles. The first-order valence-corrected chi connectivity index (χ1v) is 5.68. The fourth-order valence-corrected chi connectivity index (χ4v) is 2.05. The molecule has 0 bridgehead atoms. The molecule has 1 heterocycles. The molecule has 4 nitrogen and oxygen atoms in total. The summed E-state index contributed by atoms with van der Waals surface area (Å²) in [6.45, 7) is 5.63. The summed E-state index contributed by atoms with van der Waals surface area (Å²) in [6, 6.07) is 5.27. The van der Waals surface area contributed by atoms with Crippen LogP contribution in [0.5, 0.6) is 5.75 Å². The average Bonchev–Trinajstić information content (AvgIpc) is 2.53. The Kier molecular flexibility index (Phi) is 2.88. The second-order valence-corrected chi connectivity index (χ2v) is 4.54. The molecule has 0 radical (unpaired) electrons. The smallest absolute Gasteiger partial charge is 0.137 e. The van der Waals surface area contributed by atoms with Gasteiger partial charge in [0.2, 0.25) is 0 Å². The SMILES string of the molecule is CC(=O)Cc1nc2ccc(O)cc2n1C(C)C. The standard InChI is InChI=1S/C13H16N2O2/c1-8(2)15-12-7-10(17)4-5-11(12)14-13(15)6-9(3)16/h4-5,7-8,17H,6H2,1-3H3. The Morgan fingerprint density at radius 3 is 2.76 bits per heavy atom. The Morgan fingerprint density at radius 1 is 1.47 bits per heavy atom. The molecule has 0 aliphatic carbocycles. The molecule has 90 valence electrons. The van der Waals surface area contributed by atoms with Crippen molar-refractivity contribution in [1.82, 2.24) is 9.55 Å². The van der Waals surface area contributed by atoms with E-state index >= 15 is 0 Å². The zero-order valence-corrected chi connectivity index (χ0v) is 10.3. The van der Waals surface area contributed by atoms with Gasteiger partial charge in [0.25, 0.3) is 0 Å². The Labute approximate surface area is 99.9 Å². The molecular formula is C13H16N2O2. The number of aromatic hydroxyl groups is 1. The minimum Gasteiger partial charge on any atom is -0.508 e. The molecule has 0 amide bonds. The molecule has 4 heteroatoms. The Morgan fingerprint density at radius 2 is 2.18 bits per heavy atom. The van der Waals surface area contributed by atoms with Crippen LogP contribution in [0.25, 0.3) is 11.0 Å². The van der Waals surface area contributed by atoms with Crippen LogP contribution < -0.4 is 0 Å². The van der Waals surface area contributed by atoms with E-state index in [-0.39, 0.29) is 17.6 Å². The van der Waals surface area contributed by atoms with Gasteiger partial charge in [-0.3, -0.25) is 4.79 Å². The molecular weight excluding hydrogens is 216 g/mol. The monoisotopic (exact) mass is 232 g/mol. The van der Waals surface area contributed by atoms with Gasteiger partial charge in [-0.2, -0.15) is 0 Å². The van der Waals surface area contributed by atoms with Crippen molar-refractivity contribution in [2.24, 2.45) is 0 Å². The number of carbonyl (C=O) groups excluding carboxylic acids is 1. The van der Waals surface area contributed by atoms with E-state index in [0.29, 0.717) is 6.42 Å². The molecule has 0 saturated carbocycles. The number of benzene rings is 1. The van der Waals surface area contributed by atoms with Crippen molar-refractivity contribution in [3.63, 3.8) is 0 Å². The number of phenolic OH excluding ortho intramolecular Hbond substituents is 1. The van der Waals surface area contributed by atoms with Gasteiger partial charge in [0, 0.05) is 12.1 Å². The van der Waals surface area contributed by atoms with Crippen LogP contribution in [0.3, 0.4) is 0 Å². The van der Waals surface area contributed by atoms with E-state index in [0.717, 1.165) is 16.9 Å². The van der Waals surface area contributed by atoms with Crippen molar-refractivity contribution in [2.75, 3.05) is 0 Å². The lowest BCUT2D eigenvalue weighted by molar-refractivity contribution is -0.116. The fourth-order valence-electron chi connectivity index (χ4n) is 2.05. The van der Waals surface area contributed by atoms with Crippen LogP contribution in [0.1, 0.15) is 32.6 Å². The summed E-state index contributed by atoms with van der Waals surface area (Å²) < 4.78 is 2.00. The maximum atomic E-state index is 11.2. The van der Waals surface area contributed by atoms with Crippen molar-refractivity contribution < 1.29 is 9.90 Å². The third kappa shape index (κ3) is 2.16. The van der Waals surface area contributed by atoms with Gasteiger partial charge in [0.1, 0.15) is 17.4 Å². The fraction of sp³-hybridized carbons (Fsp3) is 0.385. The number of ketones is 1. The summed E-state index contributed by atoms with van der Waals surface area (Å²) >= 11 is 0. The average molecular weight is 232 g/mol. The van der Waals surface area contributed by atoms with Gasteiger partial charge in [-0.1, -0.05) is 0 Å². The Hall–Kier alpha value is -1.84. The largest absolute Gasteiger partial charge is 0.508 e. The lowest BCUT2D eigenvalue weighted by atomic mass is 10.2. The second-order valence-electron chi connectivity index (χ2n) is 4.54. The number of nitrogens with zero attached hydrogens (tertiary/aromatic N) is 2. The Bertz CT molecular complexity index is 570. The van der Waals surface area contributed by atoms with Gasteiger partial charge in [0.05, 0.1) is 17.5 Å². The van der Waals surface area contributed by atoms with Crippen LogP contribution >= 0.6 is 0 Å². The minimum atomic E-state index is 0.0893. The highest BCUT2D eigenvalue weighted by molar-refractivity contribution is 5.81. The summed E-state index contributed by atoms with van der Waals surface area (Å²) in [5.41, 5.74) is 1.68. The van der Waals surface area contributed by atoms with Crippen LogP contribution in [-0.2, 0) is 11.2 Å². The van der Waals surface area contributed by atoms with Crippen LogP contribution in [0, 0.1) is 0 Å². The van der Waals surface area contributed by atoms with Crippen molar-refractivity contribution >= 4 is 16.8 Å². The third-order valence-corrected chi connectivity index (χ3v) is 2.67. The van der Waals surface area contributed by atoms with Gasteiger partial charge >= 0.3 is 0 Å². The van der Waals surface area contributed by atoms with E-state index in [2.05, 4.69) is 4.98 Å². The molecule has 0 aliphatic heterocycles. The zero-order chi connectivity index (χ0) is 12.6. The maximum Gasteiger partial charge on any atom is 0.137 e. The summed E-state index contributed by atoms with van der Waals surface area (Å²) in [7, 11) is 0. The number of hydrogen-bond donors (Lipinski definition) is 1. The van der Waals surface area contributed by atoms with E-state index < -0.39 is 0 Å². The molecule has 2 aromatic rings. The summed E-state index contributed by atoms with van der Waals surface area (Å²) in [4.78, 5) is 15.7. The van der Waals surface area contributed by atoms with Gasteiger partial charge in [-0.05, 0) is 32.9 Å². The van der Waals surface area contributed by atoms with Gasteiger partial charge < -0.3 is 9.67 Å². The van der Waals surface area contributed by atoms with Crippen molar-refractivity contribution in [2.45, 2.75) is 33.2 Å². The van der Waals surface area contributed by atoms with E-state index in [4.69, 9.17) is 0 Å². The number of Topliss-reactive ketones (excluding diaryl/α,β-unsaturated/α-hetero) is 1. The molecule has 0 unspecified atom stereocenters. The maximum absolute atomic E-state index is 11.2. The molecule has 1 aromatic heterocycles. The van der Waals surface area contributed by atoms with Crippen molar-refractivity contribution in [3.05, 3.63) is 24.0 Å². The van der Waals surface area contributed by atoms with Crippen LogP contribution in [0.15, 0.2) is 18.2 Å². The lowest BCUT2D eigenvalue weighted by Crippen LogP contribution is -2.09. The minimum absolute atomic E-state index is 0.0893. The van der Waals surface area contributed by atoms with E-state index in [9.17, 15) is 9.90 Å². The number of carbonyl (C=O) groups is 1. The number of rotatable bonds is 3. The normalized spacial score (nSPS) is 11.3. The summed E-state index contributed by atoms with van der Waals surface area (Å²) in [6.07, 6.45) is 0.327. The van der Waals surface area contributed by atoms with E-state index in [1.165, 1.54) is 0 Å². The van der Waals surface area contributed by atoms with Crippen LogP contribution in [0.2, 0.25) is 0 Å². The number of fused-ring (bicyclic) bond motifs is 1. The highest BCUT2D eigenvalue weighted by atomic mass is 16.3. The molecule has 0 atom stereocenters. The number of hydrogen-bond acceptors (Lipinski definition) is 3. The zero-order valence-electron chi connectivity index (χ0n) is 10.3. The topological polar surface area (TPSA) is 55.1 Å².